The summed E-state index contributed by atoms with van der Waals surface area (Å²) in [5.41, 5.74) is 0.409. The SMILES string of the molecule is Cn1cc(NS(=O)(=O)c2ccc(CO)s2)cn1. The van der Waals surface area contributed by atoms with E-state index < -0.39 is 10.0 Å². The highest BCUT2D eigenvalue weighted by Crippen LogP contribution is 2.23. The Hall–Kier alpha value is -1.38. The van der Waals surface area contributed by atoms with Gasteiger partial charge in [0.1, 0.15) is 4.21 Å². The van der Waals surface area contributed by atoms with Gasteiger partial charge in [0.05, 0.1) is 18.5 Å². The van der Waals surface area contributed by atoms with Gasteiger partial charge in [0, 0.05) is 18.1 Å². The number of nitrogens with one attached hydrogen (secondary N) is 1. The quantitative estimate of drug-likeness (QED) is 0.862. The van der Waals surface area contributed by atoms with Crippen molar-refractivity contribution in [3.63, 3.8) is 0 Å². The molecule has 0 saturated heterocycles. The van der Waals surface area contributed by atoms with Gasteiger partial charge in [-0.2, -0.15) is 5.10 Å². The lowest BCUT2D eigenvalue weighted by Crippen LogP contribution is -2.10. The maximum atomic E-state index is 11.9. The lowest BCUT2D eigenvalue weighted by molar-refractivity contribution is 0.285. The van der Waals surface area contributed by atoms with Crippen LogP contribution in [-0.4, -0.2) is 23.3 Å². The van der Waals surface area contributed by atoms with Crippen molar-refractivity contribution in [1.29, 1.82) is 0 Å². The van der Waals surface area contributed by atoms with Gasteiger partial charge in [-0.25, -0.2) is 8.42 Å². The lowest BCUT2D eigenvalue weighted by Gasteiger charge is -2.02. The zero-order valence-corrected chi connectivity index (χ0v) is 10.6. The van der Waals surface area contributed by atoms with E-state index in [2.05, 4.69) is 9.82 Å². The third-order valence-electron chi connectivity index (χ3n) is 2.01. The first-order valence-corrected chi connectivity index (χ1v) is 7.02. The zero-order valence-electron chi connectivity index (χ0n) is 8.99. The van der Waals surface area contributed by atoms with Gasteiger partial charge in [0.2, 0.25) is 0 Å². The van der Waals surface area contributed by atoms with E-state index in [1.54, 1.807) is 19.3 Å². The molecular formula is C9H11N3O3S2. The zero-order chi connectivity index (χ0) is 12.5. The molecule has 2 N–H and O–H groups in total. The van der Waals surface area contributed by atoms with E-state index >= 15 is 0 Å². The van der Waals surface area contributed by atoms with Crippen molar-refractivity contribution in [2.75, 3.05) is 4.72 Å². The van der Waals surface area contributed by atoms with Crippen molar-refractivity contribution in [3.8, 4) is 0 Å². The monoisotopic (exact) mass is 273 g/mol. The van der Waals surface area contributed by atoms with Crippen molar-refractivity contribution < 1.29 is 13.5 Å². The van der Waals surface area contributed by atoms with Crippen LogP contribution in [0.1, 0.15) is 4.88 Å². The molecule has 0 aliphatic heterocycles. The Balaban J connectivity index is 2.24. The number of anilines is 1. The highest BCUT2D eigenvalue weighted by Gasteiger charge is 2.17. The molecule has 6 nitrogen and oxygen atoms in total. The lowest BCUT2D eigenvalue weighted by atomic mass is 10.5. The molecule has 0 fully saturated rings. The van der Waals surface area contributed by atoms with Crippen LogP contribution >= 0.6 is 11.3 Å². The van der Waals surface area contributed by atoms with E-state index in [4.69, 9.17) is 5.11 Å². The Bertz CT molecular complexity index is 615. The highest BCUT2D eigenvalue weighted by atomic mass is 32.2. The van der Waals surface area contributed by atoms with Crippen LogP contribution in [0.25, 0.3) is 0 Å². The molecular weight excluding hydrogens is 262 g/mol. The smallest absolute Gasteiger partial charge is 0.271 e. The van der Waals surface area contributed by atoms with Crippen LogP contribution in [0.5, 0.6) is 0 Å². The summed E-state index contributed by atoms with van der Waals surface area (Å²) in [7, 11) is -1.88. The number of aromatic nitrogens is 2. The predicted molar refractivity (Wildman–Crippen MR) is 64.3 cm³/mol. The first-order valence-electron chi connectivity index (χ1n) is 4.72. The molecule has 2 heterocycles. The number of hydrogen-bond acceptors (Lipinski definition) is 5. The van der Waals surface area contributed by atoms with Crippen LogP contribution in [0.4, 0.5) is 5.69 Å². The number of aryl methyl sites for hydroxylation is 1. The molecule has 0 aromatic carbocycles. The summed E-state index contributed by atoms with van der Waals surface area (Å²) in [6.45, 7) is -0.160. The standard InChI is InChI=1S/C9H11N3O3S2/c1-12-5-7(4-10-12)11-17(14,15)9-3-2-8(6-13)16-9/h2-5,11,13H,6H2,1H3. The predicted octanol–water partition coefficient (Wildman–Crippen LogP) is 0.775. The summed E-state index contributed by atoms with van der Waals surface area (Å²) in [5.74, 6) is 0. The number of aliphatic hydroxyl groups excluding tert-OH is 1. The Labute approximate surface area is 103 Å². The Morgan fingerprint density at radius 2 is 2.29 bits per heavy atom. The van der Waals surface area contributed by atoms with E-state index in [1.807, 2.05) is 0 Å². The fourth-order valence-electron chi connectivity index (χ4n) is 1.27. The summed E-state index contributed by atoms with van der Waals surface area (Å²) in [5, 5.41) is 12.8. The Morgan fingerprint density at radius 1 is 1.53 bits per heavy atom. The van der Waals surface area contributed by atoms with Gasteiger partial charge in [0.25, 0.3) is 10.0 Å². The molecule has 2 aromatic heterocycles. The molecule has 0 atom stereocenters. The first kappa shape index (κ1) is 12.1. The van der Waals surface area contributed by atoms with Gasteiger partial charge in [-0.3, -0.25) is 9.40 Å². The van der Waals surface area contributed by atoms with Gasteiger partial charge in [0.15, 0.2) is 0 Å². The van der Waals surface area contributed by atoms with E-state index in [-0.39, 0.29) is 10.8 Å². The van der Waals surface area contributed by atoms with Crippen LogP contribution in [0.3, 0.4) is 0 Å². The minimum Gasteiger partial charge on any atom is -0.391 e. The second-order valence-electron chi connectivity index (χ2n) is 3.39. The number of aliphatic hydroxyl groups is 1. The molecule has 0 unspecified atom stereocenters. The van der Waals surface area contributed by atoms with Crippen LogP contribution < -0.4 is 4.72 Å². The molecule has 0 bridgehead atoms. The molecule has 2 aromatic rings. The topological polar surface area (TPSA) is 84.2 Å². The van der Waals surface area contributed by atoms with Crippen molar-refractivity contribution in [2.45, 2.75) is 10.8 Å². The summed E-state index contributed by atoms with van der Waals surface area (Å²) < 4.78 is 27.9. The molecule has 0 radical (unpaired) electrons. The van der Waals surface area contributed by atoms with Gasteiger partial charge < -0.3 is 5.11 Å². The number of rotatable bonds is 4. The average molecular weight is 273 g/mol. The van der Waals surface area contributed by atoms with E-state index in [1.165, 1.54) is 16.9 Å². The maximum Gasteiger partial charge on any atom is 0.271 e. The normalized spacial score (nSPS) is 11.6. The molecule has 8 heteroatoms. The second kappa shape index (κ2) is 4.47. The summed E-state index contributed by atoms with van der Waals surface area (Å²) in [6.07, 6.45) is 3.00. The largest absolute Gasteiger partial charge is 0.391 e. The highest BCUT2D eigenvalue weighted by molar-refractivity contribution is 7.94. The average Bonchev–Trinajstić information content (AvgIpc) is 2.86. The minimum absolute atomic E-state index is 0.160. The molecule has 0 amide bonds. The maximum absolute atomic E-state index is 11.9. The molecule has 17 heavy (non-hydrogen) atoms. The first-order chi connectivity index (χ1) is 8.01. The van der Waals surface area contributed by atoms with Crippen molar-refractivity contribution in [2.24, 2.45) is 7.05 Å². The van der Waals surface area contributed by atoms with Crippen molar-refractivity contribution in [3.05, 3.63) is 29.4 Å². The summed E-state index contributed by atoms with van der Waals surface area (Å²) in [4.78, 5) is 0.608. The van der Waals surface area contributed by atoms with Crippen LogP contribution in [0.2, 0.25) is 0 Å². The Kier molecular flexibility index (Phi) is 3.18. The molecule has 2 rings (SSSR count). The molecule has 92 valence electrons. The van der Waals surface area contributed by atoms with Crippen molar-refractivity contribution in [1.82, 2.24) is 9.78 Å². The molecule has 0 saturated carbocycles. The van der Waals surface area contributed by atoms with E-state index in [0.717, 1.165) is 11.3 Å². The van der Waals surface area contributed by atoms with Crippen LogP contribution in [0, 0.1) is 0 Å². The van der Waals surface area contributed by atoms with Gasteiger partial charge in [-0.05, 0) is 12.1 Å². The Morgan fingerprint density at radius 3 is 2.82 bits per heavy atom. The fraction of sp³-hybridized carbons (Fsp3) is 0.222. The number of thiophene rings is 1. The van der Waals surface area contributed by atoms with Crippen molar-refractivity contribution >= 4 is 27.0 Å². The van der Waals surface area contributed by atoms with Gasteiger partial charge >= 0.3 is 0 Å². The summed E-state index contributed by atoms with van der Waals surface area (Å²) in [6, 6.07) is 3.05. The third kappa shape index (κ3) is 2.65. The second-order valence-corrected chi connectivity index (χ2v) is 6.46. The van der Waals surface area contributed by atoms with E-state index in [0.29, 0.717) is 10.6 Å². The number of sulfonamides is 1. The number of nitrogens with zero attached hydrogens (tertiary/aromatic N) is 2. The third-order valence-corrected chi connectivity index (χ3v) is 4.96. The van der Waals surface area contributed by atoms with Gasteiger partial charge in [-0.15, -0.1) is 11.3 Å². The molecule has 0 spiro atoms. The van der Waals surface area contributed by atoms with Gasteiger partial charge in [-0.1, -0.05) is 0 Å². The van der Waals surface area contributed by atoms with E-state index in [9.17, 15) is 8.42 Å². The fourth-order valence-corrected chi connectivity index (χ4v) is 3.51. The minimum atomic E-state index is -3.59. The number of hydrogen-bond donors (Lipinski definition) is 2. The van der Waals surface area contributed by atoms with Crippen LogP contribution in [-0.2, 0) is 23.7 Å². The molecule has 0 aliphatic rings. The summed E-state index contributed by atoms with van der Waals surface area (Å²) >= 11 is 1.04. The van der Waals surface area contributed by atoms with Crippen LogP contribution in [0.15, 0.2) is 28.7 Å². The molecule has 0 aliphatic carbocycles.